The lowest BCUT2D eigenvalue weighted by molar-refractivity contribution is -0.130. The molecule has 0 spiro atoms. The van der Waals surface area contributed by atoms with Gasteiger partial charge in [-0.05, 0) is 0 Å². The molecule has 0 saturated carbocycles. The molecule has 0 aromatic heterocycles. The van der Waals surface area contributed by atoms with Gasteiger partial charge in [0.15, 0.2) is 0 Å². The Bertz CT molecular complexity index is 168. The first-order valence-corrected chi connectivity index (χ1v) is 4.62. The van der Waals surface area contributed by atoms with Crippen molar-refractivity contribution in [2.45, 2.75) is 26.6 Å². The monoisotopic (exact) mass is 171 g/mol. The summed E-state index contributed by atoms with van der Waals surface area (Å²) in [5, 5.41) is 0. The minimum Gasteiger partial charge on any atom is -0.544 e. The zero-order valence-corrected chi connectivity index (χ0v) is 8.00. The van der Waals surface area contributed by atoms with E-state index >= 15 is 0 Å². The summed E-state index contributed by atoms with van der Waals surface area (Å²) >= 11 is 0. The van der Waals surface area contributed by atoms with E-state index in [0.717, 1.165) is 19.8 Å². The fourth-order valence-electron chi connectivity index (χ4n) is 1.80. The summed E-state index contributed by atoms with van der Waals surface area (Å²) in [6.07, 6.45) is 0. The van der Waals surface area contributed by atoms with Crippen molar-refractivity contribution in [2.24, 2.45) is 5.41 Å². The summed E-state index contributed by atoms with van der Waals surface area (Å²) in [4.78, 5) is 0. The highest BCUT2D eigenvalue weighted by Crippen LogP contribution is 2.40. The average molecular weight is 171 g/mol. The summed E-state index contributed by atoms with van der Waals surface area (Å²) in [5.41, 5.74) is 0.0956. The Kier molecular flexibility index (Phi) is 1.76. The lowest BCUT2D eigenvalue weighted by atomic mass is 9.61. The largest absolute Gasteiger partial charge is 0.544 e. The van der Waals surface area contributed by atoms with Crippen molar-refractivity contribution in [2.75, 3.05) is 19.8 Å². The van der Waals surface area contributed by atoms with Gasteiger partial charge in [-0.3, -0.25) is 0 Å². The summed E-state index contributed by atoms with van der Waals surface area (Å²) in [5.74, 6) is 0.315. The molecule has 70 valence electrons. The summed E-state index contributed by atoms with van der Waals surface area (Å²) in [6.45, 7) is 7.23. The molecule has 2 bridgehead atoms. The third kappa shape index (κ3) is 1.10. The van der Waals surface area contributed by atoms with E-state index in [1.807, 2.05) is 0 Å². The van der Waals surface area contributed by atoms with E-state index in [9.17, 15) is 0 Å². The van der Waals surface area contributed by atoms with E-state index in [2.05, 4.69) is 20.8 Å². The van der Waals surface area contributed by atoms with Gasteiger partial charge in [0.1, 0.15) is 0 Å². The molecule has 0 aromatic carbocycles. The smallest absolute Gasteiger partial charge is 0.381 e. The van der Waals surface area contributed by atoms with Crippen LogP contribution in [0.1, 0.15) is 20.8 Å². The molecule has 12 heavy (non-hydrogen) atoms. The third-order valence-electron chi connectivity index (χ3n) is 2.81. The van der Waals surface area contributed by atoms with Crippen LogP contribution >= 0.6 is 0 Å². The van der Waals surface area contributed by atoms with Crippen LogP contribution in [0.15, 0.2) is 0 Å². The maximum absolute atomic E-state index is 5.65. The minimum absolute atomic E-state index is 0.0956. The molecule has 0 amide bonds. The van der Waals surface area contributed by atoms with Crippen molar-refractivity contribution in [1.29, 1.82) is 0 Å². The molecule has 3 heterocycles. The van der Waals surface area contributed by atoms with Gasteiger partial charge in [-0.2, -0.15) is 0 Å². The molecule has 3 nitrogen and oxygen atoms in total. The van der Waals surface area contributed by atoms with Gasteiger partial charge < -0.3 is 14.0 Å². The Morgan fingerprint density at radius 2 is 1.50 bits per heavy atom. The van der Waals surface area contributed by atoms with Gasteiger partial charge in [-0.25, -0.2) is 0 Å². The molecule has 0 aliphatic carbocycles. The lowest BCUT2D eigenvalue weighted by Gasteiger charge is -2.59. The fraction of sp³-hybridized carbons (Fsp3) is 1.00. The predicted molar refractivity (Wildman–Crippen MR) is 46.8 cm³/mol. The van der Waals surface area contributed by atoms with Crippen molar-refractivity contribution >= 4 is 6.75 Å². The van der Waals surface area contributed by atoms with Gasteiger partial charge >= 0.3 is 6.75 Å². The van der Waals surface area contributed by atoms with Crippen molar-refractivity contribution < 1.29 is 14.0 Å². The first-order chi connectivity index (χ1) is 5.56. The number of hydrogen-bond acceptors (Lipinski definition) is 3. The highest BCUT2D eigenvalue weighted by molar-refractivity contribution is 6.62. The fourth-order valence-corrected chi connectivity index (χ4v) is 1.80. The van der Waals surface area contributed by atoms with Crippen LogP contribution in [0.5, 0.6) is 0 Å². The topological polar surface area (TPSA) is 27.7 Å². The summed E-state index contributed by atoms with van der Waals surface area (Å²) < 4.78 is 16.9. The van der Waals surface area contributed by atoms with Crippen LogP contribution in [0, 0.1) is 5.41 Å². The lowest BCUT2D eigenvalue weighted by Crippen LogP contribution is -2.64. The molecule has 3 fully saturated rings. The van der Waals surface area contributed by atoms with Crippen LogP contribution < -0.4 is 0 Å². The molecule has 3 aliphatic heterocycles. The maximum atomic E-state index is 5.65. The van der Waals surface area contributed by atoms with Crippen LogP contribution in [0.25, 0.3) is 0 Å². The SMILES string of the molecule is CC(C)[B-]12OCC(C)(CO1)CO2. The van der Waals surface area contributed by atoms with Gasteiger partial charge in [0.2, 0.25) is 0 Å². The zero-order valence-electron chi connectivity index (χ0n) is 8.00. The molecular weight excluding hydrogens is 155 g/mol. The van der Waals surface area contributed by atoms with Crippen molar-refractivity contribution in [3.8, 4) is 0 Å². The molecule has 3 rings (SSSR count). The molecule has 3 aliphatic rings. The van der Waals surface area contributed by atoms with E-state index in [1.54, 1.807) is 0 Å². The third-order valence-corrected chi connectivity index (χ3v) is 2.81. The van der Waals surface area contributed by atoms with Gasteiger partial charge in [0, 0.05) is 25.2 Å². The number of fused-ring (bicyclic) bond motifs is 3. The van der Waals surface area contributed by atoms with E-state index in [-0.39, 0.29) is 5.41 Å². The van der Waals surface area contributed by atoms with E-state index in [0.29, 0.717) is 5.82 Å². The van der Waals surface area contributed by atoms with Crippen LogP contribution in [0.4, 0.5) is 0 Å². The first kappa shape index (κ1) is 8.54. The van der Waals surface area contributed by atoms with Crippen LogP contribution in [-0.2, 0) is 14.0 Å². The van der Waals surface area contributed by atoms with Gasteiger partial charge in [-0.1, -0.05) is 26.6 Å². The van der Waals surface area contributed by atoms with E-state index < -0.39 is 6.75 Å². The number of hydrogen-bond donors (Lipinski definition) is 0. The van der Waals surface area contributed by atoms with Gasteiger partial charge in [0.25, 0.3) is 0 Å². The molecule has 0 N–H and O–H groups in total. The molecule has 0 aromatic rings. The molecule has 0 radical (unpaired) electrons. The Morgan fingerprint density at radius 1 is 1.08 bits per heavy atom. The second kappa shape index (κ2) is 2.47. The second-order valence-corrected chi connectivity index (χ2v) is 4.68. The zero-order chi connectivity index (χ0) is 8.82. The van der Waals surface area contributed by atoms with Crippen LogP contribution in [0.2, 0.25) is 5.82 Å². The molecule has 0 unspecified atom stereocenters. The van der Waals surface area contributed by atoms with Gasteiger partial charge in [0.05, 0.1) is 0 Å². The predicted octanol–water partition coefficient (Wildman–Crippen LogP) is 1.42. The first-order valence-electron chi connectivity index (χ1n) is 4.62. The number of rotatable bonds is 1. The molecule has 3 saturated heterocycles. The quantitative estimate of drug-likeness (QED) is 0.558. The summed E-state index contributed by atoms with van der Waals surface area (Å²) in [7, 11) is 0. The standard InChI is InChI=1S/C8H16BO3/c1-7(2)9-10-4-8(3,5-11-9)6-12-9/h7H,4-6H2,1-3H3/q-1. The Labute approximate surface area is 73.4 Å². The highest BCUT2D eigenvalue weighted by Gasteiger charge is 2.47. The van der Waals surface area contributed by atoms with Crippen LogP contribution in [0.3, 0.4) is 0 Å². The van der Waals surface area contributed by atoms with Gasteiger partial charge in [-0.15, -0.1) is 0 Å². The Balaban J connectivity index is 2.14. The van der Waals surface area contributed by atoms with Crippen molar-refractivity contribution in [3.63, 3.8) is 0 Å². The molecule has 4 heteroatoms. The average Bonchev–Trinajstić information content (AvgIpc) is 2.06. The molecular formula is C8H16BO3-. The minimum atomic E-state index is -1.40. The normalized spacial score (nSPS) is 47.0. The van der Waals surface area contributed by atoms with Crippen LogP contribution in [-0.4, -0.2) is 26.6 Å². The Morgan fingerprint density at radius 3 is 1.83 bits per heavy atom. The van der Waals surface area contributed by atoms with Crippen molar-refractivity contribution in [1.82, 2.24) is 0 Å². The highest BCUT2D eigenvalue weighted by atomic mass is 16.8. The van der Waals surface area contributed by atoms with Crippen molar-refractivity contribution in [3.05, 3.63) is 0 Å². The molecule has 0 atom stereocenters. The van der Waals surface area contributed by atoms with E-state index in [1.165, 1.54) is 0 Å². The Hall–Kier alpha value is -0.0551. The second-order valence-electron chi connectivity index (χ2n) is 4.68. The van der Waals surface area contributed by atoms with E-state index in [4.69, 9.17) is 14.0 Å². The maximum Gasteiger partial charge on any atom is 0.381 e. The summed E-state index contributed by atoms with van der Waals surface area (Å²) in [6, 6.07) is 0.